The maximum atomic E-state index is 13.3. The normalized spacial score (nSPS) is 10.8. The molecule has 0 aliphatic rings. The van der Waals surface area contributed by atoms with E-state index >= 15 is 0 Å². The number of benzene rings is 3. The predicted octanol–water partition coefficient (Wildman–Crippen LogP) is 5.15. The van der Waals surface area contributed by atoms with Gasteiger partial charge in [-0.2, -0.15) is 0 Å². The molecule has 0 bridgehead atoms. The number of hydrogen-bond donors (Lipinski definition) is 2. The lowest BCUT2D eigenvalue weighted by Gasteiger charge is -2.26. The molecule has 4 aromatic rings. The van der Waals surface area contributed by atoms with Crippen LogP contribution in [0, 0.1) is 5.82 Å². The summed E-state index contributed by atoms with van der Waals surface area (Å²) >= 11 is 5.71. The minimum atomic E-state index is -0.255. The number of hydrogen-bond acceptors (Lipinski definition) is 3. The molecule has 7 heteroatoms. The van der Waals surface area contributed by atoms with Crippen LogP contribution in [0.2, 0.25) is 0 Å². The zero-order valence-corrected chi connectivity index (χ0v) is 18.0. The molecule has 0 unspecified atom stereocenters. The molecule has 0 saturated heterocycles. The van der Waals surface area contributed by atoms with Crippen molar-refractivity contribution in [2.75, 3.05) is 19.0 Å². The number of aromatic nitrogens is 2. The fraction of sp³-hybridized carbons (Fsp3) is 0.167. The smallest absolute Gasteiger partial charge is 0.173 e. The Kier molecular flexibility index (Phi) is 6.43. The molecule has 158 valence electrons. The number of nitrogens with zero attached hydrogens (tertiary/aromatic N) is 2. The van der Waals surface area contributed by atoms with Gasteiger partial charge >= 0.3 is 0 Å². The van der Waals surface area contributed by atoms with Crippen molar-refractivity contribution in [3.8, 4) is 5.75 Å². The van der Waals surface area contributed by atoms with E-state index in [4.69, 9.17) is 17.0 Å². The Morgan fingerprint density at radius 2 is 1.90 bits per heavy atom. The number of halogens is 1. The molecule has 0 aliphatic carbocycles. The van der Waals surface area contributed by atoms with Crippen LogP contribution in [0.1, 0.15) is 11.4 Å². The molecule has 31 heavy (non-hydrogen) atoms. The van der Waals surface area contributed by atoms with Crippen molar-refractivity contribution in [2.45, 2.75) is 13.0 Å². The third-order valence-electron chi connectivity index (χ3n) is 4.95. The number of H-pyrrole nitrogens is 1. The molecule has 0 saturated carbocycles. The number of ether oxygens (including phenoxy) is 1. The summed E-state index contributed by atoms with van der Waals surface area (Å²) in [4.78, 5) is 10.1. The van der Waals surface area contributed by atoms with Crippen LogP contribution in [0.15, 0.2) is 72.8 Å². The Morgan fingerprint density at radius 3 is 2.68 bits per heavy atom. The SMILES string of the molecule is COc1cccc(NC(=S)N(CCc2nc3ccccc3[nH]2)Cc2ccc(F)cc2)c1. The van der Waals surface area contributed by atoms with Crippen LogP contribution in [0.4, 0.5) is 10.1 Å². The van der Waals surface area contributed by atoms with E-state index in [0.29, 0.717) is 24.6 Å². The molecule has 0 radical (unpaired) electrons. The van der Waals surface area contributed by atoms with E-state index in [1.807, 2.05) is 48.5 Å². The number of para-hydroxylation sites is 2. The van der Waals surface area contributed by atoms with Gasteiger partial charge in [0.1, 0.15) is 17.4 Å². The first-order valence-electron chi connectivity index (χ1n) is 9.99. The first-order chi connectivity index (χ1) is 15.1. The third kappa shape index (κ3) is 5.38. The molecule has 0 fully saturated rings. The molecule has 0 aliphatic heterocycles. The molecule has 1 heterocycles. The van der Waals surface area contributed by atoms with E-state index in [0.717, 1.165) is 33.9 Å². The van der Waals surface area contributed by atoms with Crippen molar-refractivity contribution >= 4 is 34.1 Å². The first kappa shape index (κ1) is 20.8. The quantitative estimate of drug-likeness (QED) is 0.394. The van der Waals surface area contributed by atoms with E-state index in [1.165, 1.54) is 12.1 Å². The zero-order chi connectivity index (χ0) is 21.6. The van der Waals surface area contributed by atoms with Gasteiger partial charge in [0.15, 0.2) is 5.11 Å². The summed E-state index contributed by atoms with van der Waals surface area (Å²) in [5.74, 6) is 1.39. The monoisotopic (exact) mass is 434 g/mol. The average molecular weight is 435 g/mol. The van der Waals surface area contributed by atoms with E-state index in [-0.39, 0.29) is 5.82 Å². The summed E-state index contributed by atoms with van der Waals surface area (Å²) in [7, 11) is 1.63. The maximum Gasteiger partial charge on any atom is 0.173 e. The number of thiocarbonyl (C=S) groups is 1. The van der Waals surface area contributed by atoms with Crippen LogP contribution < -0.4 is 10.1 Å². The van der Waals surface area contributed by atoms with E-state index < -0.39 is 0 Å². The molecule has 1 aromatic heterocycles. The second-order valence-electron chi connectivity index (χ2n) is 7.16. The Bertz CT molecular complexity index is 1140. The molecule has 2 N–H and O–H groups in total. The van der Waals surface area contributed by atoms with Crippen LogP contribution >= 0.6 is 12.2 Å². The molecule has 5 nitrogen and oxygen atoms in total. The van der Waals surface area contributed by atoms with Crippen LogP contribution in [-0.2, 0) is 13.0 Å². The lowest BCUT2D eigenvalue weighted by atomic mass is 10.2. The average Bonchev–Trinajstić information content (AvgIpc) is 3.21. The van der Waals surface area contributed by atoms with Crippen LogP contribution in [0.5, 0.6) is 5.75 Å². The van der Waals surface area contributed by atoms with Gasteiger partial charge in [-0.1, -0.05) is 30.3 Å². The molecule has 4 rings (SSSR count). The molecular formula is C24H23FN4OS. The summed E-state index contributed by atoms with van der Waals surface area (Å²) in [6.45, 7) is 1.20. The fourth-order valence-electron chi connectivity index (χ4n) is 3.33. The Balaban J connectivity index is 1.50. The Morgan fingerprint density at radius 1 is 1.10 bits per heavy atom. The van der Waals surface area contributed by atoms with E-state index in [1.54, 1.807) is 19.2 Å². The van der Waals surface area contributed by atoms with Crippen molar-refractivity contribution in [1.82, 2.24) is 14.9 Å². The topological polar surface area (TPSA) is 53.2 Å². The predicted molar refractivity (Wildman–Crippen MR) is 126 cm³/mol. The maximum absolute atomic E-state index is 13.3. The van der Waals surface area contributed by atoms with Crippen molar-refractivity contribution in [1.29, 1.82) is 0 Å². The highest BCUT2D eigenvalue weighted by Crippen LogP contribution is 2.18. The van der Waals surface area contributed by atoms with Gasteiger partial charge in [-0.25, -0.2) is 9.37 Å². The van der Waals surface area contributed by atoms with Crippen LogP contribution in [0.3, 0.4) is 0 Å². The summed E-state index contributed by atoms with van der Waals surface area (Å²) < 4.78 is 18.6. The molecule has 0 spiro atoms. The molecule has 0 amide bonds. The number of nitrogens with one attached hydrogen (secondary N) is 2. The van der Waals surface area contributed by atoms with Crippen LogP contribution in [0.25, 0.3) is 11.0 Å². The van der Waals surface area contributed by atoms with E-state index in [9.17, 15) is 4.39 Å². The second kappa shape index (κ2) is 9.57. The van der Waals surface area contributed by atoms with Gasteiger partial charge in [0.05, 0.1) is 18.1 Å². The summed E-state index contributed by atoms with van der Waals surface area (Å²) in [5, 5.41) is 3.86. The van der Waals surface area contributed by atoms with E-state index in [2.05, 4.69) is 20.2 Å². The van der Waals surface area contributed by atoms with Gasteiger partial charge in [0.2, 0.25) is 0 Å². The lowest BCUT2D eigenvalue weighted by Crippen LogP contribution is -2.36. The highest BCUT2D eigenvalue weighted by Gasteiger charge is 2.13. The number of imidazole rings is 1. The highest BCUT2D eigenvalue weighted by atomic mass is 32.1. The van der Waals surface area contributed by atoms with Gasteiger partial charge in [-0.15, -0.1) is 0 Å². The van der Waals surface area contributed by atoms with Crippen LogP contribution in [-0.4, -0.2) is 33.6 Å². The number of fused-ring (bicyclic) bond motifs is 1. The number of anilines is 1. The van der Waals surface area contributed by atoms with Crippen molar-refractivity contribution in [3.63, 3.8) is 0 Å². The molecular weight excluding hydrogens is 411 g/mol. The summed E-state index contributed by atoms with van der Waals surface area (Å²) in [6.07, 6.45) is 0.690. The highest BCUT2D eigenvalue weighted by molar-refractivity contribution is 7.80. The lowest BCUT2D eigenvalue weighted by molar-refractivity contribution is 0.414. The first-order valence-corrected chi connectivity index (χ1v) is 10.4. The van der Waals surface area contributed by atoms with Gasteiger partial charge in [0.25, 0.3) is 0 Å². The third-order valence-corrected chi connectivity index (χ3v) is 5.31. The number of rotatable bonds is 7. The van der Waals surface area contributed by atoms with Crippen molar-refractivity contribution in [3.05, 3.63) is 90.0 Å². The molecule has 0 atom stereocenters. The van der Waals surface area contributed by atoms with Gasteiger partial charge in [0, 0.05) is 31.3 Å². The van der Waals surface area contributed by atoms with Gasteiger partial charge in [-0.3, -0.25) is 0 Å². The zero-order valence-electron chi connectivity index (χ0n) is 17.1. The van der Waals surface area contributed by atoms with Crippen molar-refractivity contribution < 1.29 is 9.13 Å². The summed E-state index contributed by atoms with van der Waals surface area (Å²) in [5.41, 5.74) is 3.78. The summed E-state index contributed by atoms with van der Waals surface area (Å²) in [6, 6.07) is 22.0. The number of aromatic amines is 1. The molecule has 3 aromatic carbocycles. The Hall–Kier alpha value is -3.45. The fourth-order valence-corrected chi connectivity index (χ4v) is 3.60. The largest absolute Gasteiger partial charge is 0.497 e. The number of methoxy groups -OCH3 is 1. The standard InChI is InChI=1S/C24H23FN4OS/c1-30-20-6-4-5-19(15-20)26-24(31)29(16-17-9-11-18(25)12-10-17)14-13-23-27-21-7-2-3-8-22(21)28-23/h2-12,15H,13-14,16H2,1H3,(H,26,31)(H,27,28). The second-order valence-corrected chi connectivity index (χ2v) is 7.55. The van der Waals surface area contributed by atoms with Gasteiger partial charge < -0.3 is 19.9 Å². The van der Waals surface area contributed by atoms with Gasteiger partial charge in [-0.05, 0) is 54.2 Å². The minimum Gasteiger partial charge on any atom is -0.497 e. The van der Waals surface area contributed by atoms with Crippen molar-refractivity contribution in [2.24, 2.45) is 0 Å². The Labute approximate surface area is 185 Å². The minimum absolute atomic E-state index is 0.255.